The topological polar surface area (TPSA) is 29.9 Å². The van der Waals surface area contributed by atoms with Gasteiger partial charge in [0.1, 0.15) is 0 Å². The van der Waals surface area contributed by atoms with E-state index in [1.54, 1.807) is 0 Å². The molecule has 0 saturated heterocycles. The molecule has 90 valence electrons. The van der Waals surface area contributed by atoms with Crippen molar-refractivity contribution in [3.8, 4) is 0 Å². The number of rotatable bonds is 5. The van der Waals surface area contributed by atoms with Crippen LogP contribution in [0.3, 0.4) is 0 Å². The van der Waals surface area contributed by atoms with Gasteiger partial charge in [0.25, 0.3) is 0 Å². The summed E-state index contributed by atoms with van der Waals surface area (Å²) in [6, 6.07) is 0. The summed E-state index contributed by atoms with van der Waals surface area (Å²) in [6.07, 6.45) is 9.33. The maximum absolute atomic E-state index is 4.22. The highest BCUT2D eigenvalue weighted by atomic mass is 15.3. The third kappa shape index (κ3) is 5.12. The summed E-state index contributed by atoms with van der Waals surface area (Å²) in [5.74, 6) is 0. The quantitative estimate of drug-likeness (QED) is 0.775. The highest BCUT2D eigenvalue weighted by Gasteiger charge is 2.06. The standard InChI is InChI=1S/C13H23N3/c1-5-16-11-12(10-15-16)8-6-7-9-14-13(2,3)4/h6,8,10-11,14H,5,7,9H2,1-4H3. The lowest BCUT2D eigenvalue weighted by Gasteiger charge is -2.19. The maximum Gasteiger partial charge on any atom is 0.0562 e. The van der Waals surface area contributed by atoms with E-state index in [0.717, 1.165) is 19.5 Å². The van der Waals surface area contributed by atoms with Crippen LogP contribution in [0.15, 0.2) is 18.5 Å². The van der Waals surface area contributed by atoms with Gasteiger partial charge in [-0.25, -0.2) is 0 Å². The van der Waals surface area contributed by atoms with Gasteiger partial charge >= 0.3 is 0 Å². The second-order valence-corrected chi connectivity index (χ2v) is 5.00. The molecule has 1 rings (SSSR count). The molecule has 0 bridgehead atoms. The first-order valence-electron chi connectivity index (χ1n) is 5.95. The van der Waals surface area contributed by atoms with Crippen molar-refractivity contribution in [1.29, 1.82) is 0 Å². The van der Waals surface area contributed by atoms with Crippen molar-refractivity contribution < 1.29 is 0 Å². The highest BCUT2D eigenvalue weighted by molar-refractivity contribution is 5.46. The van der Waals surface area contributed by atoms with Crippen LogP contribution in [0.4, 0.5) is 0 Å². The normalized spacial score (nSPS) is 12.5. The fraction of sp³-hybridized carbons (Fsp3) is 0.615. The van der Waals surface area contributed by atoms with Gasteiger partial charge in [0.05, 0.1) is 6.20 Å². The first-order valence-corrected chi connectivity index (χ1v) is 5.95. The van der Waals surface area contributed by atoms with E-state index >= 15 is 0 Å². The molecular weight excluding hydrogens is 198 g/mol. The molecule has 0 radical (unpaired) electrons. The molecule has 1 heterocycles. The molecule has 16 heavy (non-hydrogen) atoms. The van der Waals surface area contributed by atoms with E-state index in [1.165, 1.54) is 5.56 Å². The third-order valence-corrected chi connectivity index (χ3v) is 2.25. The minimum atomic E-state index is 0.209. The predicted molar refractivity (Wildman–Crippen MR) is 69.3 cm³/mol. The Bertz CT molecular complexity index is 331. The number of aromatic nitrogens is 2. The van der Waals surface area contributed by atoms with E-state index in [4.69, 9.17) is 0 Å². The minimum Gasteiger partial charge on any atom is -0.312 e. The highest BCUT2D eigenvalue weighted by Crippen LogP contribution is 2.02. The molecule has 1 aromatic rings. The molecule has 0 aliphatic heterocycles. The van der Waals surface area contributed by atoms with Gasteiger partial charge in [0.15, 0.2) is 0 Å². The Hall–Kier alpha value is -1.09. The average Bonchev–Trinajstić information content (AvgIpc) is 2.63. The fourth-order valence-electron chi connectivity index (χ4n) is 1.39. The van der Waals surface area contributed by atoms with Gasteiger partial charge < -0.3 is 5.32 Å². The molecule has 0 aromatic carbocycles. The first kappa shape index (κ1) is 13.0. The molecule has 0 spiro atoms. The summed E-state index contributed by atoms with van der Waals surface area (Å²) >= 11 is 0. The van der Waals surface area contributed by atoms with Crippen LogP contribution < -0.4 is 5.32 Å². The van der Waals surface area contributed by atoms with Crippen LogP contribution in [0.5, 0.6) is 0 Å². The van der Waals surface area contributed by atoms with E-state index in [0.29, 0.717) is 0 Å². The van der Waals surface area contributed by atoms with E-state index < -0.39 is 0 Å². The Kier molecular flexibility index (Phi) is 4.74. The van der Waals surface area contributed by atoms with Crippen molar-refractivity contribution in [3.63, 3.8) is 0 Å². The summed E-state index contributed by atoms with van der Waals surface area (Å²) in [6.45, 7) is 10.6. The molecule has 0 fully saturated rings. The molecule has 3 nitrogen and oxygen atoms in total. The van der Waals surface area contributed by atoms with Gasteiger partial charge in [-0.05, 0) is 40.7 Å². The number of nitrogens with zero attached hydrogens (tertiary/aromatic N) is 2. The number of nitrogens with one attached hydrogen (secondary N) is 1. The van der Waals surface area contributed by atoms with Gasteiger partial charge in [-0.1, -0.05) is 12.2 Å². The number of hydrogen-bond acceptors (Lipinski definition) is 2. The van der Waals surface area contributed by atoms with Crippen molar-refractivity contribution in [3.05, 3.63) is 24.0 Å². The molecule has 0 unspecified atom stereocenters. The average molecular weight is 221 g/mol. The van der Waals surface area contributed by atoms with Crippen molar-refractivity contribution >= 4 is 6.08 Å². The molecule has 0 aliphatic rings. The van der Waals surface area contributed by atoms with Crippen LogP contribution in [0, 0.1) is 0 Å². The smallest absolute Gasteiger partial charge is 0.0562 e. The van der Waals surface area contributed by atoms with Crippen molar-refractivity contribution in [2.24, 2.45) is 0 Å². The molecule has 0 aliphatic carbocycles. The lowest BCUT2D eigenvalue weighted by Crippen LogP contribution is -2.36. The minimum absolute atomic E-state index is 0.209. The third-order valence-electron chi connectivity index (χ3n) is 2.25. The van der Waals surface area contributed by atoms with Gasteiger partial charge in [-0.15, -0.1) is 0 Å². The summed E-state index contributed by atoms with van der Waals surface area (Å²) in [5.41, 5.74) is 1.39. The SMILES string of the molecule is CCn1cc(C=CCCNC(C)(C)C)cn1. The van der Waals surface area contributed by atoms with Gasteiger partial charge in [0.2, 0.25) is 0 Å². The van der Waals surface area contributed by atoms with E-state index in [-0.39, 0.29) is 5.54 Å². The molecule has 1 N–H and O–H groups in total. The second-order valence-electron chi connectivity index (χ2n) is 5.00. The Morgan fingerprint density at radius 1 is 1.44 bits per heavy atom. The van der Waals surface area contributed by atoms with Gasteiger partial charge in [-0.3, -0.25) is 4.68 Å². The van der Waals surface area contributed by atoms with Crippen LogP contribution in [0.2, 0.25) is 0 Å². The Balaban J connectivity index is 2.27. The monoisotopic (exact) mass is 221 g/mol. The fourth-order valence-corrected chi connectivity index (χ4v) is 1.39. The Labute approximate surface area is 98.5 Å². The maximum atomic E-state index is 4.22. The van der Waals surface area contributed by atoms with Gasteiger partial charge in [-0.2, -0.15) is 5.10 Å². The Morgan fingerprint density at radius 3 is 2.75 bits per heavy atom. The summed E-state index contributed by atoms with van der Waals surface area (Å²) in [7, 11) is 0. The molecule has 0 atom stereocenters. The number of aryl methyl sites for hydroxylation is 1. The zero-order valence-corrected chi connectivity index (χ0v) is 10.8. The zero-order chi connectivity index (χ0) is 12.0. The molecule has 1 aromatic heterocycles. The predicted octanol–water partition coefficient (Wildman–Crippen LogP) is 2.69. The van der Waals surface area contributed by atoms with Crippen LogP contribution in [-0.4, -0.2) is 21.9 Å². The van der Waals surface area contributed by atoms with Crippen LogP contribution in [-0.2, 0) is 6.54 Å². The van der Waals surface area contributed by atoms with E-state index in [2.05, 4.69) is 56.5 Å². The molecule has 0 amide bonds. The zero-order valence-electron chi connectivity index (χ0n) is 10.8. The Morgan fingerprint density at radius 2 is 2.19 bits per heavy atom. The number of hydrogen-bond donors (Lipinski definition) is 1. The largest absolute Gasteiger partial charge is 0.312 e. The van der Waals surface area contributed by atoms with Crippen LogP contribution in [0.25, 0.3) is 6.08 Å². The van der Waals surface area contributed by atoms with E-state index in [9.17, 15) is 0 Å². The lowest BCUT2D eigenvalue weighted by molar-refractivity contribution is 0.431. The van der Waals surface area contributed by atoms with Crippen molar-refractivity contribution in [1.82, 2.24) is 15.1 Å². The van der Waals surface area contributed by atoms with E-state index in [1.807, 2.05) is 10.9 Å². The van der Waals surface area contributed by atoms with Crippen LogP contribution >= 0.6 is 0 Å². The first-order chi connectivity index (χ1) is 7.51. The van der Waals surface area contributed by atoms with Crippen molar-refractivity contribution in [2.45, 2.75) is 46.2 Å². The summed E-state index contributed by atoms with van der Waals surface area (Å²) in [4.78, 5) is 0. The van der Waals surface area contributed by atoms with Crippen LogP contribution in [0.1, 0.15) is 39.7 Å². The van der Waals surface area contributed by atoms with Gasteiger partial charge in [0, 0.05) is 23.8 Å². The lowest BCUT2D eigenvalue weighted by atomic mass is 10.1. The second kappa shape index (κ2) is 5.85. The molecule has 3 heteroatoms. The molecular formula is C13H23N3. The summed E-state index contributed by atoms with van der Waals surface area (Å²) < 4.78 is 1.94. The van der Waals surface area contributed by atoms with Crippen molar-refractivity contribution in [2.75, 3.05) is 6.54 Å². The summed E-state index contributed by atoms with van der Waals surface area (Å²) in [5, 5.41) is 7.68. The molecule has 0 saturated carbocycles.